The molecule has 0 saturated carbocycles. The van der Waals surface area contributed by atoms with Crippen molar-refractivity contribution in [2.45, 2.75) is 12.8 Å². The molecule has 3 heteroatoms. The highest BCUT2D eigenvalue weighted by Crippen LogP contribution is 2.12. The third-order valence-corrected chi connectivity index (χ3v) is 1.92. The van der Waals surface area contributed by atoms with Gasteiger partial charge in [0.1, 0.15) is 0 Å². The number of piperidine rings is 1. The Bertz CT molecular complexity index is 159. The first kappa shape index (κ1) is 8.27. The summed E-state index contributed by atoms with van der Waals surface area (Å²) in [6.07, 6.45) is 5.62. The van der Waals surface area contributed by atoms with Crippen LogP contribution >= 0.6 is 0 Å². The highest BCUT2D eigenvalue weighted by molar-refractivity contribution is 5.85. The van der Waals surface area contributed by atoms with Crippen LogP contribution in [-0.2, 0) is 4.79 Å². The van der Waals surface area contributed by atoms with Crippen LogP contribution in [0.3, 0.4) is 0 Å². The Morgan fingerprint density at radius 2 is 2.09 bits per heavy atom. The Morgan fingerprint density at radius 3 is 2.64 bits per heavy atom. The van der Waals surface area contributed by atoms with Crippen LogP contribution in [0, 0.1) is 5.92 Å². The standard InChI is InChI=1S/C8H14N2O/c9-8(11)2-1-7-3-5-10-6-4-7/h1-2,7,10H,3-6H2,(H2,9,11)/b2-1+. The predicted molar refractivity (Wildman–Crippen MR) is 43.9 cm³/mol. The van der Waals surface area contributed by atoms with E-state index in [0.717, 1.165) is 25.9 Å². The normalized spacial score (nSPS) is 20.7. The summed E-state index contributed by atoms with van der Waals surface area (Å²) >= 11 is 0. The van der Waals surface area contributed by atoms with E-state index in [1.165, 1.54) is 6.08 Å². The van der Waals surface area contributed by atoms with E-state index in [1.807, 2.05) is 6.08 Å². The lowest BCUT2D eigenvalue weighted by Crippen LogP contribution is -2.26. The van der Waals surface area contributed by atoms with Gasteiger partial charge in [-0.2, -0.15) is 0 Å². The minimum absolute atomic E-state index is 0.344. The molecular weight excluding hydrogens is 140 g/mol. The molecule has 62 valence electrons. The van der Waals surface area contributed by atoms with Crippen LogP contribution in [-0.4, -0.2) is 19.0 Å². The lowest BCUT2D eigenvalue weighted by atomic mass is 9.98. The van der Waals surface area contributed by atoms with E-state index in [2.05, 4.69) is 5.32 Å². The fourth-order valence-corrected chi connectivity index (χ4v) is 1.27. The summed E-state index contributed by atoms with van der Waals surface area (Å²) in [6.45, 7) is 2.10. The van der Waals surface area contributed by atoms with Crippen LogP contribution in [0.15, 0.2) is 12.2 Å². The molecule has 0 spiro atoms. The van der Waals surface area contributed by atoms with Crippen molar-refractivity contribution in [2.75, 3.05) is 13.1 Å². The fraction of sp³-hybridized carbons (Fsp3) is 0.625. The second-order valence-electron chi connectivity index (χ2n) is 2.85. The van der Waals surface area contributed by atoms with Crippen LogP contribution in [0.5, 0.6) is 0 Å². The molecule has 0 bridgehead atoms. The van der Waals surface area contributed by atoms with Gasteiger partial charge in [-0.25, -0.2) is 0 Å². The van der Waals surface area contributed by atoms with Gasteiger partial charge in [0.05, 0.1) is 0 Å². The molecule has 0 aliphatic carbocycles. The van der Waals surface area contributed by atoms with Crippen molar-refractivity contribution in [3.63, 3.8) is 0 Å². The number of primary amides is 1. The number of nitrogens with one attached hydrogen (secondary N) is 1. The van der Waals surface area contributed by atoms with Gasteiger partial charge in [-0.05, 0) is 37.9 Å². The Labute approximate surface area is 66.6 Å². The summed E-state index contributed by atoms with van der Waals surface area (Å²) in [6, 6.07) is 0. The second kappa shape index (κ2) is 4.13. The van der Waals surface area contributed by atoms with Crippen LogP contribution in [0.25, 0.3) is 0 Å². The summed E-state index contributed by atoms with van der Waals surface area (Å²) in [5.74, 6) is 0.201. The molecule has 0 radical (unpaired) electrons. The number of hydrogen-bond acceptors (Lipinski definition) is 2. The van der Waals surface area contributed by atoms with Gasteiger partial charge < -0.3 is 11.1 Å². The summed E-state index contributed by atoms with van der Waals surface area (Å²) in [7, 11) is 0. The zero-order valence-corrected chi connectivity index (χ0v) is 6.55. The number of allylic oxidation sites excluding steroid dienone is 1. The van der Waals surface area contributed by atoms with Gasteiger partial charge in [-0.1, -0.05) is 6.08 Å². The highest BCUT2D eigenvalue weighted by Gasteiger charge is 2.08. The predicted octanol–water partition coefficient (Wildman–Crippen LogP) is 0.0275. The molecule has 1 aliphatic rings. The molecule has 1 rings (SSSR count). The molecular formula is C8H14N2O. The number of rotatable bonds is 2. The van der Waals surface area contributed by atoms with Crippen molar-refractivity contribution in [1.82, 2.24) is 5.32 Å². The molecule has 0 unspecified atom stereocenters. The molecule has 11 heavy (non-hydrogen) atoms. The molecule has 1 saturated heterocycles. The molecule has 3 nitrogen and oxygen atoms in total. The van der Waals surface area contributed by atoms with Gasteiger partial charge >= 0.3 is 0 Å². The Kier molecular flexibility index (Phi) is 3.11. The number of carbonyl (C=O) groups excluding carboxylic acids is 1. The Balaban J connectivity index is 2.29. The van der Waals surface area contributed by atoms with Crippen LogP contribution in [0.2, 0.25) is 0 Å². The monoisotopic (exact) mass is 154 g/mol. The molecule has 1 amide bonds. The van der Waals surface area contributed by atoms with Gasteiger partial charge in [0.25, 0.3) is 0 Å². The minimum Gasteiger partial charge on any atom is -0.366 e. The van der Waals surface area contributed by atoms with Crippen molar-refractivity contribution in [3.05, 3.63) is 12.2 Å². The van der Waals surface area contributed by atoms with Crippen molar-refractivity contribution in [3.8, 4) is 0 Å². The maximum absolute atomic E-state index is 10.4. The van der Waals surface area contributed by atoms with Crippen molar-refractivity contribution in [2.24, 2.45) is 11.7 Å². The van der Waals surface area contributed by atoms with Gasteiger partial charge in [0, 0.05) is 0 Å². The Morgan fingerprint density at radius 1 is 1.45 bits per heavy atom. The van der Waals surface area contributed by atoms with Crippen LogP contribution < -0.4 is 11.1 Å². The SMILES string of the molecule is NC(=O)/C=C/C1CCNCC1. The van der Waals surface area contributed by atoms with E-state index >= 15 is 0 Å². The molecule has 1 aliphatic heterocycles. The lowest BCUT2D eigenvalue weighted by molar-refractivity contribution is -0.113. The fourth-order valence-electron chi connectivity index (χ4n) is 1.27. The topological polar surface area (TPSA) is 55.1 Å². The molecule has 3 N–H and O–H groups in total. The summed E-state index contributed by atoms with van der Waals surface area (Å²) in [5, 5.41) is 3.25. The second-order valence-corrected chi connectivity index (χ2v) is 2.85. The number of hydrogen-bond donors (Lipinski definition) is 2. The minimum atomic E-state index is -0.344. The van der Waals surface area contributed by atoms with E-state index in [1.54, 1.807) is 0 Å². The summed E-state index contributed by atoms with van der Waals surface area (Å²) in [5.41, 5.74) is 4.97. The molecule has 0 atom stereocenters. The number of amides is 1. The van der Waals surface area contributed by atoms with Crippen LogP contribution in [0.4, 0.5) is 0 Å². The molecule has 0 aromatic heterocycles. The third kappa shape index (κ3) is 3.18. The largest absolute Gasteiger partial charge is 0.366 e. The zero-order chi connectivity index (χ0) is 8.10. The van der Waals surface area contributed by atoms with Gasteiger partial charge in [0.15, 0.2) is 0 Å². The summed E-state index contributed by atoms with van der Waals surface area (Å²) in [4.78, 5) is 10.4. The van der Waals surface area contributed by atoms with Gasteiger partial charge in [-0.3, -0.25) is 4.79 Å². The van der Waals surface area contributed by atoms with E-state index in [9.17, 15) is 4.79 Å². The summed E-state index contributed by atoms with van der Waals surface area (Å²) < 4.78 is 0. The molecule has 1 heterocycles. The maximum atomic E-state index is 10.4. The van der Waals surface area contributed by atoms with E-state index in [0.29, 0.717) is 5.92 Å². The maximum Gasteiger partial charge on any atom is 0.241 e. The third-order valence-electron chi connectivity index (χ3n) is 1.92. The van der Waals surface area contributed by atoms with Gasteiger partial charge in [0.2, 0.25) is 5.91 Å². The molecule has 0 aromatic rings. The molecule has 0 aromatic carbocycles. The first-order valence-electron chi connectivity index (χ1n) is 3.97. The van der Waals surface area contributed by atoms with Crippen molar-refractivity contribution < 1.29 is 4.79 Å². The zero-order valence-electron chi connectivity index (χ0n) is 6.55. The first-order valence-corrected chi connectivity index (χ1v) is 3.97. The van der Waals surface area contributed by atoms with Gasteiger partial charge in [-0.15, -0.1) is 0 Å². The van der Waals surface area contributed by atoms with E-state index in [-0.39, 0.29) is 5.91 Å². The van der Waals surface area contributed by atoms with Crippen molar-refractivity contribution in [1.29, 1.82) is 0 Å². The van der Waals surface area contributed by atoms with Crippen LogP contribution in [0.1, 0.15) is 12.8 Å². The molecule has 1 fully saturated rings. The number of nitrogens with two attached hydrogens (primary N) is 1. The number of carbonyl (C=O) groups is 1. The lowest BCUT2D eigenvalue weighted by Gasteiger charge is -2.18. The smallest absolute Gasteiger partial charge is 0.241 e. The van der Waals surface area contributed by atoms with E-state index in [4.69, 9.17) is 5.73 Å². The quantitative estimate of drug-likeness (QED) is 0.551. The van der Waals surface area contributed by atoms with E-state index < -0.39 is 0 Å². The van der Waals surface area contributed by atoms with Crippen molar-refractivity contribution >= 4 is 5.91 Å². The average Bonchev–Trinajstić information content (AvgIpc) is 2.03. The highest BCUT2D eigenvalue weighted by atomic mass is 16.1. The average molecular weight is 154 g/mol. The first-order chi connectivity index (χ1) is 5.29. The Hall–Kier alpha value is -0.830.